The number of hydrogen-bond donors (Lipinski definition) is 1. The van der Waals surface area contributed by atoms with E-state index in [0.717, 1.165) is 9.36 Å². The Bertz CT molecular complexity index is 1100. The standard InChI is InChI=1S/C20H18F2N4O3/c1-13(27)11-25-18(19(28)23-10-14-2-6-16(21)7-3-14)20(29)26(24-25)12-15-4-8-17(22)9-5-15/h2-9H,10-12H2,1H3,(H-,23,24,28,29). The molecule has 150 valence electrons. The Morgan fingerprint density at radius 1 is 1.07 bits per heavy atom. The summed E-state index contributed by atoms with van der Waals surface area (Å²) in [6.07, 6.45) is 0. The molecule has 0 radical (unpaired) electrons. The van der Waals surface area contributed by atoms with Gasteiger partial charge >= 0.3 is 5.56 Å². The predicted octanol–water partition coefficient (Wildman–Crippen LogP) is 0.686. The van der Waals surface area contributed by atoms with Gasteiger partial charge in [0.2, 0.25) is 5.69 Å². The van der Waals surface area contributed by atoms with Gasteiger partial charge in [-0.3, -0.25) is 9.79 Å². The Morgan fingerprint density at radius 3 is 2.17 bits per heavy atom. The van der Waals surface area contributed by atoms with Crippen molar-refractivity contribution in [3.05, 3.63) is 87.3 Å². The molecule has 0 atom stereocenters. The van der Waals surface area contributed by atoms with Crippen LogP contribution in [0.25, 0.3) is 0 Å². The molecule has 0 spiro atoms. The Hall–Kier alpha value is -3.62. The van der Waals surface area contributed by atoms with Gasteiger partial charge in [0.25, 0.3) is 0 Å². The number of aromatic nitrogens is 3. The monoisotopic (exact) mass is 400 g/mol. The van der Waals surface area contributed by atoms with Crippen molar-refractivity contribution in [3.8, 4) is 0 Å². The molecule has 0 fully saturated rings. The molecule has 2 aromatic carbocycles. The molecule has 29 heavy (non-hydrogen) atoms. The van der Waals surface area contributed by atoms with E-state index >= 15 is 0 Å². The first-order valence-electron chi connectivity index (χ1n) is 8.76. The van der Waals surface area contributed by atoms with Crippen LogP contribution in [0.5, 0.6) is 0 Å². The lowest BCUT2D eigenvalue weighted by molar-refractivity contribution is -0.746. The molecular weight excluding hydrogens is 382 g/mol. The Kier molecular flexibility index (Phi) is 5.96. The first-order valence-corrected chi connectivity index (χ1v) is 8.76. The quantitative estimate of drug-likeness (QED) is 0.359. The van der Waals surface area contributed by atoms with Crippen molar-refractivity contribution in [1.82, 2.24) is 9.90 Å². The average molecular weight is 400 g/mol. The van der Waals surface area contributed by atoms with Crippen LogP contribution in [0.2, 0.25) is 0 Å². The number of carbonyl (C=O) groups excluding carboxylic acids is 1. The maximum Gasteiger partial charge on any atom is 0.401 e. The van der Waals surface area contributed by atoms with Crippen molar-refractivity contribution in [3.63, 3.8) is 0 Å². The smallest absolute Gasteiger partial charge is 0.401 e. The second kappa shape index (κ2) is 8.59. The van der Waals surface area contributed by atoms with Crippen LogP contribution in [-0.2, 0) is 24.4 Å². The first kappa shape index (κ1) is 20.1. The van der Waals surface area contributed by atoms with E-state index < -0.39 is 23.1 Å². The lowest BCUT2D eigenvalue weighted by Crippen LogP contribution is -2.48. The summed E-state index contributed by atoms with van der Waals surface area (Å²) in [5.41, 5.74) is 0.292. The molecule has 1 N–H and O–H groups in total. The van der Waals surface area contributed by atoms with Crippen molar-refractivity contribution in [2.75, 3.05) is 0 Å². The summed E-state index contributed by atoms with van der Waals surface area (Å²) in [7, 11) is 0. The molecule has 3 rings (SSSR count). The lowest BCUT2D eigenvalue weighted by atomic mass is 10.2. The average Bonchev–Trinajstić information content (AvgIpc) is 2.97. The molecule has 0 saturated carbocycles. The molecule has 0 bridgehead atoms. The molecule has 3 aromatic rings. The Morgan fingerprint density at radius 2 is 1.62 bits per heavy atom. The van der Waals surface area contributed by atoms with Crippen LogP contribution in [0.15, 0.2) is 58.3 Å². The zero-order valence-electron chi connectivity index (χ0n) is 15.6. The highest BCUT2D eigenvalue weighted by molar-refractivity contribution is 5.86. The minimum absolute atomic E-state index is 0.0399. The molecule has 1 heterocycles. The number of nitrogens with one attached hydrogen (secondary N) is 1. The Labute approximate surface area is 164 Å². The van der Waals surface area contributed by atoms with Gasteiger partial charge in [-0.05, 0) is 42.3 Å². The summed E-state index contributed by atoms with van der Waals surface area (Å²) >= 11 is 0. The first-order chi connectivity index (χ1) is 13.8. The molecule has 0 amide bonds. The van der Waals surface area contributed by atoms with Crippen molar-refractivity contribution >= 4 is 11.7 Å². The van der Waals surface area contributed by atoms with Gasteiger partial charge in [-0.2, -0.15) is 0 Å². The topological polar surface area (TPSA) is 94.2 Å². The second-order valence-corrected chi connectivity index (χ2v) is 6.50. The van der Waals surface area contributed by atoms with Crippen LogP contribution in [0.4, 0.5) is 8.78 Å². The number of hydrogen-bond acceptors (Lipinski definition) is 4. The third-order valence-corrected chi connectivity index (χ3v) is 4.11. The van der Waals surface area contributed by atoms with Crippen molar-refractivity contribution in [1.29, 1.82) is 0 Å². The van der Waals surface area contributed by atoms with Crippen LogP contribution < -0.4 is 15.3 Å². The van der Waals surface area contributed by atoms with Crippen molar-refractivity contribution < 1.29 is 23.4 Å². The van der Waals surface area contributed by atoms with Gasteiger partial charge in [-0.15, -0.1) is 9.36 Å². The zero-order valence-corrected chi connectivity index (χ0v) is 15.6. The van der Waals surface area contributed by atoms with Crippen LogP contribution in [0.1, 0.15) is 23.7 Å². The highest BCUT2D eigenvalue weighted by Gasteiger charge is 2.23. The minimum atomic E-state index is -0.797. The summed E-state index contributed by atoms with van der Waals surface area (Å²) in [5.74, 6) is -1.88. The predicted molar refractivity (Wildman–Crippen MR) is 98.1 cm³/mol. The number of benzene rings is 2. The van der Waals surface area contributed by atoms with Gasteiger partial charge in [0, 0.05) is 5.90 Å². The number of aliphatic imine (C=N–C) groups is 1. The van der Waals surface area contributed by atoms with Gasteiger partial charge in [0.1, 0.15) is 18.2 Å². The number of aromatic amines is 1. The summed E-state index contributed by atoms with van der Waals surface area (Å²) in [6, 6.07) is 11.0. The zero-order chi connectivity index (χ0) is 21.0. The summed E-state index contributed by atoms with van der Waals surface area (Å²) in [4.78, 5) is 28.2. The normalized spacial score (nSPS) is 11.6. The number of Topliss-reactive ketones (excluding diaryl/α,β-unsaturated/α-hetero) is 1. The van der Waals surface area contributed by atoms with Crippen LogP contribution in [0, 0.1) is 11.6 Å². The van der Waals surface area contributed by atoms with Gasteiger partial charge in [0.05, 0.1) is 6.54 Å². The fourth-order valence-electron chi connectivity index (χ4n) is 2.74. The molecular formula is C20H18F2N4O3. The number of H-pyrrole nitrogens is 1. The molecule has 0 saturated heterocycles. The fraction of sp³-hybridized carbons (Fsp3) is 0.200. The molecule has 1 aromatic heterocycles. The second-order valence-electron chi connectivity index (χ2n) is 6.50. The third kappa shape index (κ3) is 5.01. The summed E-state index contributed by atoms with van der Waals surface area (Å²) in [5, 5.41) is 15.3. The molecule has 0 aliphatic heterocycles. The summed E-state index contributed by atoms with van der Waals surface area (Å²) < 4.78 is 28.3. The van der Waals surface area contributed by atoms with Gasteiger partial charge in [-0.1, -0.05) is 29.5 Å². The number of ketones is 1. The lowest BCUT2D eigenvalue weighted by Gasteiger charge is -2.07. The maximum atomic E-state index is 13.1. The van der Waals surface area contributed by atoms with E-state index in [0.29, 0.717) is 11.1 Å². The minimum Gasteiger partial charge on any atom is -0.856 e. The van der Waals surface area contributed by atoms with E-state index in [-0.39, 0.29) is 31.1 Å². The molecule has 0 aliphatic rings. The van der Waals surface area contributed by atoms with Gasteiger partial charge < -0.3 is 5.11 Å². The number of nitrogens with zero attached hydrogens (tertiary/aromatic N) is 3. The van der Waals surface area contributed by atoms with E-state index in [2.05, 4.69) is 10.2 Å². The summed E-state index contributed by atoms with van der Waals surface area (Å²) in [6.45, 7) is 1.13. The van der Waals surface area contributed by atoms with Crippen LogP contribution >= 0.6 is 0 Å². The number of rotatable bonds is 7. The largest absolute Gasteiger partial charge is 0.856 e. The van der Waals surface area contributed by atoms with E-state index in [9.17, 15) is 23.5 Å². The molecule has 7 nitrogen and oxygen atoms in total. The van der Waals surface area contributed by atoms with Crippen LogP contribution in [-0.4, -0.2) is 21.6 Å². The molecule has 9 heteroatoms. The third-order valence-electron chi connectivity index (χ3n) is 4.11. The van der Waals surface area contributed by atoms with Crippen molar-refractivity contribution in [2.24, 2.45) is 4.99 Å². The fourth-order valence-corrected chi connectivity index (χ4v) is 2.74. The van der Waals surface area contributed by atoms with E-state index in [1.807, 2.05) is 0 Å². The van der Waals surface area contributed by atoms with E-state index in [1.165, 1.54) is 55.5 Å². The van der Waals surface area contributed by atoms with E-state index in [1.54, 1.807) is 0 Å². The highest BCUT2D eigenvalue weighted by atomic mass is 19.1. The van der Waals surface area contributed by atoms with Crippen molar-refractivity contribution in [2.45, 2.75) is 26.6 Å². The molecule has 0 aliphatic carbocycles. The maximum absolute atomic E-state index is 13.1. The van der Waals surface area contributed by atoms with Crippen LogP contribution in [0.3, 0.4) is 0 Å². The van der Waals surface area contributed by atoms with Gasteiger partial charge in [-0.25, -0.2) is 13.6 Å². The SMILES string of the molecule is CC(=O)C[n+]1[nH]n(Cc2ccc(F)cc2)c(=O)c1C([O-])=NCc1ccc(F)cc1. The molecule has 0 unspecified atom stereocenters. The van der Waals surface area contributed by atoms with Gasteiger partial charge in [0.15, 0.2) is 12.3 Å². The number of halogens is 2. The Balaban J connectivity index is 1.92. The highest BCUT2D eigenvalue weighted by Crippen LogP contribution is 2.05. The number of carbonyl (C=O) groups is 1. The van der Waals surface area contributed by atoms with E-state index in [4.69, 9.17) is 0 Å².